The quantitative estimate of drug-likeness (QED) is 0.389. The van der Waals surface area contributed by atoms with Gasteiger partial charge in [-0.15, -0.1) is 0 Å². The van der Waals surface area contributed by atoms with Gasteiger partial charge in [-0.2, -0.15) is 0 Å². The van der Waals surface area contributed by atoms with Crippen LogP contribution in [0.2, 0.25) is 19.6 Å². The van der Waals surface area contributed by atoms with Gasteiger partial charge in [-0.3, -0.25) is 0 Å². The van der Waals surface area contributed by atoms with E-state index < -0.39 is 8.32 Å². The predicted octanol–water partition coefficient (Wildman–Crippen LogP) is 2.49. The van der Waals surface area contributed by atoms with Crippen molar-refractivity contribution >= 4 is 8.32 Å². The van der Waals surface area contributed by atoms with E-state index in [-0.39, 0.29) is 0 Å². The van der Waals surface area contributed by atoms with Gasteiger partial charge in [0.2, 0.25) is 8.32 Å². The molecule has 0 bridgehead atoms. The Hall–Kier alpha value is -0.903. The van der Waals surface area contributed by atoms with Gasteiger partial charge in [-0.05, 0) is 25.7 Å². The summed E-state index contributed by atoms with van der Waals surface area (Å²) < 4.78 is 15.7. The topological polar surface area (TPSA) is 27.7 Å². The second kappa shape index (κ2) is 4.96. The highest BCUT2D eigenvalue weighted by molar-refractivity contribution is 6.70. The standard InChI is InChI=1S/C9H18O3Si/c1-7-8(10-2)9(11-3)12-13(4,5)6/h7H,1H2,2-6H3/b9-8+. The van der Waals surface area contributed by atoms with Crippen LogP contribution in [-0.4, -0.2) is 22.5 Å². The van der Waals surface area contributed by atoms with Crippen LogP contribution in [0, 0.1) is 0 Å². The van der Waals surface area contributed by atoms with Gasteiger partial charge in [0, 0.05) is 0 Å². The third-order valence-electron chi connectivity index (χ3n) is 1.19. The number of allylic oxidation sites excluding steroid dienone is 1. The molecular weight excluding hydrogens is 184 g/mol. The van der Waals surface area contributed by atoms with Crippen LogP contribution in [0.4, 0.5) is 0 Å². The minimum atomic E-state index is -1.65. The van der Waals surface area contributed by atoms with Crippen LogP contribution in [0.1, 0.15) is 0 Å². The summed E-state index contributed by atoms with van der Waals surface area (Å²) in [4.78, 5) is 0. The molecule has 0 unspecified atom stereocenters. The zero-order valence-corrected chi connectivity index (χ0v) is 10.0. The average Bonchev–Trinajstić information content (AvgIpc) is 2.02. The van der Waals surface area contributed by atoms with Crippen molar-refractivity contribution < 1.29 is 13.9 Å². The third kappa shape index (κ3) is 4.62. The number of hydrogen-bond donors (Lipinski definition) is 0. The molecule has 0 saturated carbocycles. The molecule has 0 fully saturated rings. The fourth-order valence-corrected chi connectivity index (χ4v) is 1.46. The van der Waals surface area contributed by atoms with Crippen LogP contribution in [0.25, 0.3) is 0 Å². The molecule has 4 heteroatoms. The molecule has 0 aliphatic carbocycles. The van der Waals surface area contributed by atoms with E-state index in [0.717, 1.165) is 0 Å². The lowest BCUT2D eigenvalue weighted by molar-refractivity contribution is 0.117. The highest BCUT2D eigenvalue weighted by atomic mass is 28.4. The van der Waals surface area contributed by atoms with E-state index in [1.165, 1.54) is 0 Å². The van der Waals surface area contributed by atoms with Crippen molar-refractivity contribution in [2.45, 2.75) is 19.6 Å². The molecule has 0 spiro atoms. The second-order valence-electron chi connectivity index (χ2n) is 3.48. The Morgan fingerprint density at radius 2 is 1.69 bits per heavy atom. The highest BCUT2D eigenvalue weighted by Gasteiger charge is 2.20. The molecule has 0 aliphatic rings. The van der Waals surface area contributed by atoms with E-state index >= 15 is 0 Å². The first-order valence-corrected chi connectivity index (χ1v) is 7.49. The summed E-state index contributed by atoms with van der Waals surface area (Å²) in [7, 11) is 1.47. The minimum absolute atomic E-state index is 0.414. The lowest BCUT2D eigenvalue weighted by atomic mass is 10.5. The van der Waals surface area contributed by atoms with Gasteiger partial charge in [0.15, 0.2) is 5.76 Å². The van der Waals surface area contributed by atoms with E-state index in [1.807, 2.05) is 0 Å². The number of ether oxygens (including phenoxy) is 2. The summed E-state index contributed by atoms with van der Waals surface area (Å²) in [5.41, 5.74) is 0. The lowest BCUT2D eigenvalue weighted by Crippen LogP contribution is -2.26. The van der Waals surface area contributed by atoms with E-state index in [2.05, 4.69) is 26.2 Å². The smallest absolute Gasteiger partial charge is 0.309 e. The minimum Gasteiger partial charge on any atom is -0.517 e. The summed E-state index contributed by atoms with van der Waals surface area (Å²) in [6.07, 6.45) is 1.57. The van der Waals surface area contributed by atoms with Crippen molar-refractivity contribution in [2.24, 2.45) is 0 Å². The maximum absolute atomic E-state index is 5.63. The van der Waals surface area contributed by atoms with Crippen LogP contribution in [0.3, 0.4) is 0 Å². The SMILES string of the molecule is C=C/C(OC)=C(/OC)O[Si](C)(C)C. The third-order valence-corrected chi connectivity index (χ3v) is 1.99. The first kappa shape index (κ1) is 12.1. The Balaban J connectivity index is 4.66. The van der Waals surface area contributed by atoms with E-state index in [9.17, 15) is 0 Å². The van der Waals surface area contributed by atoms with Gasteiger partial charge >= 0.3 is 5.95 Å². The molecule has 0 aliphatic heterocycles. The molecule has 0 aromatic rings. The maximum Gasteiger partial charge on any atom is 0.309 e. The summed E-state index contributed by atoms with van der Waals surface area (Å²) in [6, 6.07) is 0. The Morgan fingerprint density at radius 3 is 1.92 bits per heavy atom. The zero-order valence-electron chi connectivity index (χ0n) is 9.01. The van der Waals surface area contributed by atoms with Crippen LogP contribution in [0.15, 0.2) is 24.4 Å². The monoisotopic (exact) mass is 202 g/mol. The van der Waals surface area contributed by atoms with E-state index in [0.29, 0.717) is 11.7 Å². The van der Waals surface area contributed by atoms with Gasteiger partial charge in [0.05, 0.1) is 14.2 Å². The molecule has 0 atom stereocenters. The molecule has 0 heterocycles. The molecule has 0 rings (SSSR count). The van der Waals surface area contributed by atoms with Gasteiger partial charge in [-0.1, -0.05) is 6.58 Å². The molecule has 0 saturated heterocycles. The number of methoxy groups -OCH3 is 2. The van der Waals surface area contributed by atoms with Gasteiger partial charge in [0.1, 0.15) is 0 Å². The van der Waals surface area contributed by atoms with Crippen molar-refractivity contribution in [3.05, 3.63) is 24.4 Å². The second-order valence-corrected chi connectivity index (χ2v) is 7.91. The Kier molecular flexibility index (Phi) is 4.62. The van der Waals surface area contributed by atoms with Crippen LogP contribution in [0.5, 0.6) is 0 Å². The van der Waals surface area contributed by atoms with Crippen molar-refractivity contribution in [3.8, 4) is 0 Å². The molecule has 0 radical (unpaired) electrons. The van der Waals surface area contributed by atoms with Crippen molar-refractivity contribution in [3.63, 3.8) is 0 Å². The van der Waals surface area contributed by atoms with Gasteiger partial charge in [0.25, 0.3) is 0 Å². The van der Waals surface area contributed by atoms with E-state index in [1.54, 1.807) is 20.3 Å². The summed E-state index contributed by atoms with van der Waals surface area (Å²) in [6.45, 7) is 9.82. The van der Waals surface area contributed by atoms with Gasteiger partial charge in [-0.25, -0.2) is 0 Å². The van der Waals surface area contributed by atoms with Crippen molar-refractivity contribution in [2.75, 3.05) is 14.2 Å². The summed E-state index contributed by atoms with van der Waals surface area (Å²) in [5.74, 6) is 0.946. The average molecular weight is 202 g/mol. The molecule has 0 aromatic heterocycles. The first-order chi connectivity index (χ1) is 5.94. The highest BCUT2D eigenvalue weighted by Crippen LogP contribution is 2.15. The normalized spacial score (nSPS) is 13.0. The maximum atomic E-state index is 5.63. The Labute approximate surface area is 81.1 Å². The van der Waals surface area contributed by atoms with Crippen LogP contribution in [-0.2, 0) is 13.9 Å². The zero-order chi connectivity index (χ0) is 10.5. The lowest BCUT2D eigenvalue weighted by Gasteiger charge is -2.21. The molecule has 0 amide bonds. The summed E-state index contributed by atoms with van der Waals surface area (Å²) >= 11 is 0. The number of hydrogen-bond acceptors (Lipinski definition) is 3. The molecule has 0 aromatic carbocycles. The fourth-order valence-electron chi connectivity index (χ4n) is 0.721. The molecular formula is C9H18O3Si. The Morgan fingerprint density at radius 1 is 1.15 bits per heavy atom. The number of rotatable bonds is 5. The molecule has 3 nitrogen and oxygen atoms in total. The van der Waals surface area contributed by atoms with Crippen molar-refractivity contribution in [1.82, 2.24) is 0 Å². The van der Waals surface area contributed by atoms with Crippen molar-refractivity contribution in [1.29, 1.82) is 0 Å². The predicted molar refractivity (Wildman–Crippen MR) is 55.7 cm³/mol. The molecule has 76 valence electrons. The largest absolute Gasteiger partial charge is 0.517 e. The molecule has 13 heavy (non-hydrogen) atoms. The first-order valence-electron chi connectivity index (χ1n) is 4.08. The molecule has 0 N–H and O–H groups in total. The Bertz CT molecular complexity index is 203. The van der Waals surface area contributed by atoms with Crippen LogP contribution < -0.4 is 0 Å². The fraction of sp³-hybridized carbons (Fsp3) is 0.556. The summed E-state index contributed by atoms with van der Waals surface area (Å²) in [5, 5.41) is 0. The van der Waals surface area contributed by atoms with E-state index in [4.69, 9.17) is 13.9 Å². The van der Waals surface area contributed by atoms with Gasteiger partial charge < -0.3 is 13.9 Å². The van der Waals surface area contributed by atoms with Crippen LogP contribution >= 0.6 is 0 Å².